The van der Waals surface area contributed by atoms with Crippen molar-refractivity contribution in [2.45, 2.75) is 45.7 Å². The number of hydrogen-bond donors (Lipinski definition) is 1. The number of likely N-dealkylation sites (tertiary alicyclic amines) is 1. The minimum Gasteiger partial charge on any atom is -0.298 e. The third-order valence-corrected chi connectivity index (χ3v) is 4.69. The Hall–Kier alpha value is -1.27. The highest BCUT2D eigenvalue weighted by molar-refractivity contribution is 7.11. The van der Waals surface area contributed by atoms with Crippen molar-refractivity contribution >= 4 is 23.2 Å². The first kappa shape index (κ1) is 14.1. The highest BCUT2D eigenvalue weighted by Crippen LogP contribution is 2.26. The summed E-state index contributed by atoms with van der Waals surface area (Å²) in [6, 6.07) is -0.207. The molecule has 1 aliphatic heterocycles. The van der Waals surface area contributed by atoms with Crippen LogP contribution in [0.1, 0.15) is 41.4 Å². The lowest BCUT2D eigenvalue weighted by Crippen LogP contribution is -2.51. The third-order valence-electron chi connectivity index (χ3n) is 3.43. The van der Waals surface area contributed by atoms with E-state index in [1.165, 1.54) is 4.90 Å². The van der Waals surface area contributed by atoms with E-state index in [0.717, 1.165) is 15.6 Å². The number of nitrogens with one attached hydrogen (secondary N) is 1. The SMILES string of the molecule is Cc1nc(C)c(C(C)NC2CCC(=O)N(C)C2=O)s1. The number of carbonyl (C=O) groups excluding carboxylic acids is 2. The Labute approximate surface area is 117 Å². The zero-order valence-corrected chi connectivity index (χ0v) is 12.5. The molecule has 2 rings (SSSR count). The molecule has 19 heavy (non-hydrogen) atoms. The Kier molecular flexibility index (Phi) is 4.01. The predicted molar refractivity (Wildman–Crippen MR) is 73.9 cm³/mol. The smallest absolute Gasteiger partial charge is 0.246 e. The molecule has 0 spiro atoms. The molecule has 5 nitrogen and oxygen atoms in total. The molecule has 2 heterocycles. The minimum absolute atomic E-state index is 0.0711. The molecule has 2 amide bonds. The fourth-order valence-corrected chi connectivity index (χ4v) is 3.34. The molecule has 0 bridgehead atoms. The number of aromatic nitrogens is 1. The highest BCUT2D eigenvalue weighted by Gasteiger charge is 2.32. The first-order chi connectivity index (χ1) is 8.90. The third kappa shape index (κ3) is 2.84. The van der Waals surface area contributed by atoms with Gasteiger partial charge < -0.3 is 0 Å². The second-order valence-corrected chi connectivity index (χ2v) is 6.19. The molecule has 1 aromatic heterocycles. The summed E-state index contributed by atoms with van der Waals surface area (Å²) in [5.74, 6) is -0.234. The summed E-state index contributed by atoms with van der Waals surface area (Å²) in [7, 11) is 1.55. The van der Waals surface area contributed by atoms with Crippen molar-refractivity contribution in [1.29, 1.82) is 0 Å². The van der Waals surface area contributed by atoms with E-state index in [-0.39, 0.29) is 23.9 Å². The van der Waals surface area contributed by atoms with Crippen LogP contribution in [0.15, 0.2) is 0 Å². The van der Waals surface area contributed by atoms with Gasteiger partial charge in [0.25, 0.3) is 0 Å². The standard InChI is InChI=1S/C13H19N3O2S/c1-7-12(19-9(3)14-7)8(2)15-10-5-6-11(17)16(4)13(10)18/h8,10,15H,5-6H2,1-4H3. The lowest BCUT2D eigenvalue weighted by molar-refractivity contribution is -0.148. The topological polar surface area (TPSA) is 62.3 Å². The van der Waals surface area contributed by atoms with Gasteiger partial charge in [-0.3, -0.25) is 19.8 Å². The van der Waals surface area contributed by atoms with Gasteiger partial charge in [0.15, 0.2) is 0 Å². The van der Waals surface area contributed by atoms with Crippen LogP contribution >= 0.6 is 11.3 Å². The molecule has 0 aliphatic carbocycles. The fourth-order valence-electron chi connectivity index (χ4n) is 2.40. The van der Waals surface area contributed by atoms with E-state index in [2.05, 4.69) is 10.3 Å². The maximum absolute atomic E-state index is 12.0. The Morgan fingerprint density at radius 1 is 1.42 bits per heavy atom. The van der Waals surface area contributed by atoms with Crippen LogP contribution in [0.4, 0.5) is 0 Å². The second-order valence-electron chi connectivity index (χ2n) is 4.95. The van der Waals surface area contributed by atoms with E-state index in [4.69, 9.17) is 0 Å². The molecule has 0 saturated carbocycles. The quantitative estimate of drug-likeness (QED) is 0.854. The Bertz CT molecular complexity index is 512. The maximum atomic E-state index is 12.0. The molecule has 104 valence electrons. The van der Waals surface area contributed by atoms with Gasteiger partial charge in [0.1, 0.15) is 0 Å². The van der Waals surface area contributed by atoms with E-state index in [0.29, 0.717) is 12.8 Å². The molecule has 2 unspecified atom stereocenters. The molecule has 1 saturated heterocycles. The van der Waals surface area contributed by atoms with Gasteiger partial charge in [-0.15, -0.1) is 11.3 Å². The number of carbonyl (C=O) groups is 2. The van der Waals surface area contributed by atoms with Gasteiger partial charge in [0.05, 0.1) is 16.7 Å². The van der Waals surface area contributed by atoms with E-state index >= 15 is 0 Å². The van der Waals surface area contributed by atoms with Gasteiger partial charge >= 0.3 is 0 Å². The summed E-state index contributed by atoms with van der Waals surface area (Å²) in [5, 5.41) is 4.35. The van der Waals surface area contributed by atoms with Gasteiger partial charge in [0, 0.05) is 24.4 Å². The highest BCUT2D eigenvalue weighted by atomic mass is 32.1. The fraction of sp³-hybridized carbons (Fsp3) is 0.615. The molecule has 0 radical (unpaired) electrons. The van der Waals surface area contributed by atoms with E-state index in [1.54, 1.807) is 18.4 Å². The number of hydrogen-bond acceptors (Lipinski definition) is 5. The molecule has 1 fully saturated rings. The van der Waals surface area contributed by atoms with Gasteiger partial charge in [-0.1, -0.05) is 0 Å². The lowest BCUT2D eigenvalue weighted by atomic mass is 10.0. The van der Waals surface area contributed by atoms with E-state index in [1.807, 2.05) is 20.8 Å². The number of nitrogens with zero attached hydrogens (tertiary/aromatic N) is 2. The molecule has 6 heteroatoms. The largest absolute Gasteiger partial charge is 0.298 e. The monoisotopic (exact) mass is 281 g/mol. The van der Waals surface area contributed by atoms with Gasteiger partial charge in [-0.2, -0.15) is 0 Å². The van der Waals surface area contributed by atoms with Gasteiger partial charge in [0.2, 0.25) is 11.8 Å². The zero-order valence-electron chi connectivity index (χ0n) is 11.7. The molecule has 0 aromatic carbocycles. The first-order valence-corrected chi connectivity index (χ1v) is 7.22. The normalized spacial score (nSPS) is 21.9. The van der Waals surface area contributed by atoms with Crippen LogP contribution < -0.4 is 5.32 Å². The number of imide groups is 1. The first-order valence-electron chi connectivity index (χ1n) is 6.40. The number of rotatable bonds is 3. The average Bonchev–Trinajstić information content (AvgIpc) is 2.69. The van der Waals surface area contributed by atoms with Crippen molar-refractivity contribution in [2.24, 2.45) is 0 Å². The van der Waals surface area contributed by atoms with Crippen molar-refractivity contribution in [3.63, 3.8) is 0 Å². The van der Waals surface area contributed by atoms with Crippen molar-refractivity contribution < 1.29 is 9.59 Å². The van der Waals surface area contributed by atoms with Crippen molar-refractivity contribution in [3.05, 3.63) is 15.6 Å². The Balaban J connectivity index is 2.07. The van der Waals surface area contributed by atoms with Crippen molar-refractivity contribution in [3.8, 4) is 0 Å². The Morgan fingerprint density at radius 3 is 2.68 bits per heavy atom. The number of amides is 2. The summed E-state index contributed by atoms with van der Waals surface area (Å²) in [5.41, 5.74) is 1.01. The maximum Gasteiger partial charge on any atom is 0.246 e. The predicted octanol–water partition coefficient (Wildman–Crippen LogP) is 1.56. The molecular weight excluding hydrogens is 262 g/mol. The summed E-state index contributed by atoms with van der Waals surface area (Å²) < 4.78 is 0. The van der Waals surface area contributed by atoms with Crippen LogP contribution in [0, 0.1) is 13.8 Å². The molecule has 1 aliphatic rings. The molecular formula is C13H19N3O2S. The van der Waals surface area contributed by atoms with Crippen LogP contribution in [0.3, 0.4) is 0 Å². The second kappa shape index (κ2) is 5.38. The summed E-state index contributed by atoms with van der Waals surface area (Å²) in [6.07, 6.45) is 0.997. The van der Waals surface area contributed by atoms with E-state index in [9.17, 15) is 9.59 Å². The number of piperidine rings is 1. The zero-order chi connectivity index (χ0) is 14.2. The summed E-state index contributed by atoms with van der Waals surface area (Å²) in [4.78, 5) is 30.2. The number of thiazole rings is 1. The van der Waals surface area contributed by atoms with Gasteiger partial charge in [-0.25, -0.2) is 4.98 Å². The number of aryl methyl sites for hydroxylation is 2. The lowest BCUT2D eigenvalue weighted by Gasteiger charge is -2.30. The minimum atomic E-state index is -0.278. The summed E-state index contributed by atoms with van der Waals surface area (Å²) in [6.45, 7) is 5.99. The van der Waals surface area contributed by atoms with Crippen LogP contribution in [0.2, 0.25) is 0 Å². The van der Waals surface area contributed by atoms with Crippen molar-refractivity contribution in [1.82, 2.24) is 15.2 Å². The molecule has 1 aromatic rings. The van der Waals surface area contributed by atoms with Crippen LogP contribution in [-0.4, -0.2) is 34.8 Å². The van der Waals surface area contributed by atoms with Crippen molar-refractivity contribution in [2.75, 3.05) is 7.05 Å². The average molecular weight is 281 g/mol. The molecule has 2 atom stereocenters. The Morgan fingerprint density at radius 2 is 2.11 bits per heavy atom. The van der Waals surface area contributed by atoms with E-state index < -0.39 is 0 Å². The summed E-state index contributed by atoms with van der Waals surface area (Å²) >= 11 is 1.65. The number of likely N-dealkylation sites (N-methyl/N-ethyl adjacent to an activating group) is 1. The van der Waals surface area contributed by atoms with Gasteiger partial charge in [-0.05, 0) is 27.2 Å². The molecule has 1 N–H and O–H groups in total. The van der Waals surface area contributed by atoms with Crippen LogP contribution in [0.5, 0.6) is 0 Å². The van der Waals surface area contributed by atoms with Crippen LogP contribution in [0.25, 0.3) is 0 Å². The van der Waals surface area contributed by atoms with Crippen LogP contribution in [-0.2, 0) is 9.59 Å².